The van der Waals surface area contributed by atoms with Crippen LogP contribution in [0.4, 0.5) is 17.1 Å². The number of hydrogen-bond acceptors (Lipinski definition) is 4. The van der Waals surface area contributed by atoms with Crippen molar-refractivity contribution >= 4 is 28.9 Å². The standard InChI is InChI=1S/C22H29N3O3/c1-15(2)28-19-11-9-16(10-12-19)23-14-20(26)24-17-7-6-8-18(13-17)25-21(27)22(3,4)5/h6-13,15,23H,14H2,1-5H3,(H,24,26)(H,25,27). The summed E-state index contributed by atoms with van der Waals surface area (Å²) >= 11 is 0. The number of rotatable bonds is 7. The molecule has 0 aliphatic rings. The molecule has 0 radical (unpaired) electrons. The minimum Gasteiger partial charge on any atom is -0.491 e. The monoisotopic (exact) mass is 383 g/mol. The zero-order valence-corrected chi connectivity index (χ0v) is 17.1. The number of anilines is 3. The third-order valence-electron chi connectivity index (χ3n) is 3.76. The van der Waals surface area contributed by atoms with Gasteiger partial charge in [-0.2, -0.15) is 0 Å². The normalized spacial score (nSPS) is 11.1. The third kappa shape index (κ3) is 6.95. The molecule has 0 unspecified atom stereocenters. The van der Waals surface area contributed by atoms with Gasteiger partial charge in [0, 0.05) is 22.5 Å². The molecule has 28 heavy (non-hydrogen) atoms. The Morgan fingerprint density at radius 3 is 2.11 bits per heavy atom. The van der Waals surface area contributed by atoms with Crippen molar-refractivity contribution in [3.63, 3.8) is 0 Å². The first-order valence-electron chi connectivity index (χ1n) is 9.35. The number of benzene rings is 2. The highest BCUT2D eigenvalue weighted by molar-refractivity contribution is 5.97. The highest BCUT2D eigenvalue weighted by Crippen LogP contribution is 2.20. The van der Waals surface area contributed by atoms with Gasteiger partial charge in [0.1, 0.15) is 5.75 Å². The molecule has 6 nitrogen and oxygen atoms in total. The number of carbonyl (C=O) groups is 2. The van der Waals surface area contributed by atoms with Gasteiger partial charge in [0.2, 0.25) is 11.8 Å². The van der Waals surface area contributed by atoms with Crippen LogP contribution in [0.1, 0.15) is 34.6 Å². The fourth-order valence-electron chi connectivity index (χ4n) is 2.30. The molecule has 2 aromatic rings. The van der Waals surface area contributed by atoms with E-state index in [1.165, 1.54) is 0 Å². The second kappa shape index (κ2) is 9.26. The number of amides is 2. The summed E-state index contributed by atoms with van der Waals surface area (Å²) in [4.78, 5) is 24.3. The first kappa shape index (κ1) is 21.3. The zero-order chi connectivity index (χ0) is 20.7. The quantitative estimate of drug-likeness (QED) is 0.657. The van der Waals surface area contributed by atoms with Gasteiger partial charge in [-0.3, -0.25) is 9.59 Å². The summed E-state index contributed by atoms with van der Waals surface area (Å²) in [6.45, 7) is 9.62. The molecular formula is C22H29N3O3. The van der Waals surface area contributed by atoms with Gasteiger partial charge in [0.15, 0.2) is 0 Å². The molecule has 3 N–H and O–H groups in total. The summed E-state index contributed by atoms with van der Waals surface area (Å²) in [6, 6.07) is 14.6. The van der Waals surface area contributed by atoms with Crippen molar-refractivity contribution < 1.29 is 14.3 Å². The first-order valence-corrected chi connectivity index (χ1v) is 9.35. The first-order chi connectivity index (χ1) is 13.1. The Balaban J connectivity index is 1.87. The topological polar surface area (TPSA) is 79.5 Å². The Morgan fingerprint density at radius 2 is 1.54 bits per heavy atom. The van der Waals surface area contributed by atoms with Crippen molar-refractivity contribution in [3.05, 3.63) is 48.5 Å². The maximum Gasteiger partial charge on any atom is 0.243 e. The number of nitrogens with one attached hydrogen (secondary N) is 3. The van der Waals surface area contributed by atoms with Crippen molar-refractivity contribution in [1.82, 2.24) is 0 Å². The van der Waals surface area contributed by atoms with Gasteiger partial charge < -0.3 is 20.7 Å². The van der Waals surface area contributed by atoms with Gasteiger partial charge in [0.05, 0.1) is 12.6 Å². The largest absolute Gasteiger partial charge is 0.491 e. The number of hydrogen-bond donors (Lipinski definition) is 3. The highest BCUT2D eigenvalue weighted by atomic mass is 16.5. The number of carbonyl (C=O) groups excluding carboxylic acids is 2. The van der Waals surface area contributed by atoms with Gasteiger partial charge in [0.25, 0.3) is 0 Å². The third-order valence-corrected chi connectivity index (χ3v) is 3.76. The smallest absolute Gasteiger partial charge is 0.243 e. The summed E-state index contributed by atoms with van der Waals surface area (Å²) in [5.41, 5.74) is 1.61. The minimum absolute atomic E-state index is 0.0810. The van der Waals surface area contributed by atoms with Gasteiger partial charge in [-0.15, -0.1) is 0 Å². The molecular weight excluding hydrogens is 354 g/mol. The molecule has 0 atom stereocenters. The van der Waals surface area contributed by atoms with E-state index in [0.29, 0.717) is 11.4 Å². The Kier molecular flexibility index (Phi) is 7.04. The van der Waals surface area contributed by atoms with E-state index in [2.05, 4.69) is 16.0 Å². The average Bonchev–Trinajstić information content (AvgIpc) is 2.60. The molecule has 2 amide bonds. The molecule has 0 fully saturated rings. The van der Waals surface area contributed by atoms with E-state index in [4.69, 9.17) is 4.74 Å². The predicted molar refractivity (Wildman–Crippen MR) is 114 cm³/mol. The molecule has 2 aromatic carbocycles. The lowest BCUT2D eigenvalue weighted by atomic mass is 9.95. The molecule has 0 saturated heterocycles. The summed E-state index contributed by atoms with van der Waals surface area (Å²) in [6.07, 6.45) is 0.119. The van der Waals surface area contributed by atoms with Gasteiger partial charge in [-0.1, -0.05) is 26.8 Å². The van der Waals surface area contributed by atoms with Crippen LogP contribution < -0.4 is 20.7 Å². The van der Waals surface area contributed by atoms with Gasteiger partial charge in [-0.05, 0) is 56.3 Å². The van der Waals surface area contributed by atoms with Crippen molar-refractivity contribution in [2.75, 3.05) is 22.5 Å². The van der Waals surface area contributed by atoms with E-state index < -0.39 is 5.41 Å². The van der Waals surface area contributed by atoms with Crippen LogP contribution >= 0.6 is 0 Å². The fourth-order valence-corrected chi connectivity index (χ4v) is 2.30. The molecule has 150 valence electrons. The van der Waals surface area contributed by atoms with E-state index in [9.17, 15) is 9.59 Å². The molecule has 0 aliphatic heterocycles. The van der Waals surface area contributed by atoms with Crippen LogP contribution in [0.3, 0.4) is 0 Å². The van der Waals surface area contributed by atoms with E-state index in [1.807, 2.05) is 58.9 Å². The summed E-state index contributed by atoms with van der Waals surface area (Å²) in [7, 11) is 0. The van der Waals surface area contributed by atoms with Crippen LogP contribution in [0, 0.1) is 5.41 Å². The lowest BCUT2D eigenvalue weighted by molar-refractivity contribution is -0.123. The summed E-state index contributed by atoms with van der Waals surface area (Å²) < 4.78 is 5.60. The Morgan fingerprint density at radius 1 is 0.929 bits per heavy atom. The SMILES string of the molecule is CC(C)Oc1ccc(NCC(=O)Nc2cccc(NC(=O)C(C)(C)C)c2)cc1. The molecule has 0 aromatic heterocycles. The van der Waals surface area contributed by atoms with E-state index >= 15 is 0 Å². The Labute approximate surface area is 166 Å². The van der Waals surface area contributed by atoms with Gasteiger partial charge in [-0.25, -0.2) is 0 Å². The molecule has 0 heterocycles. The summed E-state index contributed by atoms with van der Waals surface area (Å²) in [5, 5.41) is 8.75. The van der Waals surface area contributed by atoms with Crippen molar-refractivity contribution in [2.45, 2.75) is 40.7 Å². The molecule has 0 aliphatic carbocycles. The maximum atomic E-state index is 12.2. The predicted octanol–water partition coefficient (Wildman–Crippen LogP) is 4.51. The second-order valence-corrected chi connectivity index (χ2v) is 7.88. The molecule has 0 bridgehead atoms. The van der Waals surface area contributed by atoms with Crippen LogP contribution in [0.2, 0.25) is 0 Å². The van der Waals surface area contributed by atoms with Crippen molar-refractivity contribution in [2.24, 2.45) is 5.41 Å². The van der Waals surface area contributed by atoms with Crippen LogP contribution in [0.25, 0.3) is 0 Å². The van der Waals surface area contributed by atoms with Crippen LogP contribution in [0.5, 0.6) is 5.75 Å². The van der Waals surface area contributed by atoms with E-state index in [1.54, 1.807) is 24.3 Å². The Bertz CT molecular complexity index is 809. The molecule has 2 rings (SSSR count). The molecule has 0 saturated carbocycles. The lowest BCUT2D eigenvalue weighted by Gasteiger charge is -2.18. The average molecular weight is 383 g/mol. The molecule has 0 spiro atoms. The maximum absolute atomic E-state index is 12.2. The number of ether oxygens (including phenoxy) is 1. The zero-order valence-electron chi connectivity index (χ0n) is 17.1. The van der Waals surface area contributed by atoms with Crippen LogP contribution in [-0.4, -0.2) is 24.5 Å². The fraction of sp³-hybridized carbons (Fsp3) is 0.364. The van der Waals surface area contributed by atoms with Crippen molar-refractivity contribution in [3.8, 4) is 5.75 Å². The lowest BCUT2D eigenvalue weighted by Crippen LogP contribution is -2.27. The van der Waals surface area contributed by atoms with Crippen LogP contribution in [-0.2, 0) is 9.59 Å². The second-order valence-electron chi connectivity index (χ2n) is 7.88. The highest BCUT2D eigenvalue weighted by Gasteiger charge is 2.21. The van der Waals surface area contributed by atoms with Crippen LogP contribution in [0.15, 0.2) is 48.5 Å². The van der Waals surface area contributed by atoms with E-state index in [0.717, 1.165) is 11.4 Å². The minimum atomic E-state index is -0.487. The van der Waals surface area contributed by atoms with Crippen molar-refractivity contribution in [1.29, 1.82) is 0 Å². The van der Waals surface area contributed by atoms with E-state index in [-0.39, 0.29) is 24.5 Å². The Hall–Kier alpha value is -3.02. The van der Waals surface area contributed by atoms with Gasteiger partial charge >= 0.3 is 0 Å². The molecule has 6 heteroatoms. The summed E-state index contributed by atoms with van der Waals surface area (Å²) in [5.74, 6) is 0.531.